The summed E-state index contributed by atoms with van der Waals surface area (Å²) < 4.78 is 1.46. The maximum absolute atomic E-state index is 11.7. The van der Waals surface area contributed by atoms with E-state index in [1.807, 2.05) is 24.3 Å². The predicted molar refractivity (Wildman–Crippen MR) is 74.6 cm³/mol. The van der Waals surface area contributed by atoms with Crippen molar-refractivity contribution >= 4 is 17.0 Å². The molecule has 0 amide bonds. The molecule has 1 aromatic heterocycles. The Labute approximate surface area is 112 Å². The van der Waals surface area contributed by atoms with E-state index in [-0.39, 0.29) is 6.04 Å². The van der Waals surface area contributed by atoms with Crippen LogP contribution in [0.15, 0.2) is 24.3 Å². The molecule has 2 heterocycles. The Balaban J connectivity index is 2.37. The summed E-state index contributed by atoms with van der Waals surface area (Å²) in [7, 11) is 0. The first-order chi connectivity index (χ1) is 9.11. The SMILES string of the molecule is CC(C)C1NCCc2c1n(C(=O)O)c1ccccc21. The molecule has 1 aliphatic heterocycles. The summed E-state index contributed by atoms with van der Waals surface area (Å²) in [5.74, 6) is 0.362. The normalized spacial score (nSPS) is 18.8. The lowest BCUT2D eigenvalue weighted by molar-refractivity contribution is 0.195. The molecule has 4 heteroatoms. The average molecular weight is 258 g/mol. The van der Waals surface area contributed by atoms with Crippen LogP contribution < -0.4 is 5.32 Å². The van der Waals surface area contributed by atoms with Crippen molar-refractivity contribution < 1.29 is 9.90 Å². The Morgan fingerprint density at radius 2 is 2.16 bits per heavy atom. The first-order valence-corrected chi connectivity index (χ1v) is 6.70. The molecule has 1 atom stereocenters. The van der Waals surface area contributed by atoms with E-state index in [0.717, 1.165) is 29.6 Å². The molecule has 0 saturated heterocycles. The number of para-hydroxylation sites is 1. The lowest BCUT2D eigenvalue weighted by atomic mass is 9.92. The monoisotopic (exact) mass is 258 g/mol. The molecule has 1 aliphatic rings. The third-order valence-electron chi connectivity index (χ3n) is 3.91. The van der Waals surface area contributed by atoms with Crippen LogP contribution in [0, 0.1) is 5.92 Å². The Morgan fingerprint density at radius 1 is 1.42 bits per heavy atom. The predicted octanol–water partition coefficient (Wildman–Crippen LogP) is 3.01. The van der Waals surface area contributed by atoms with Crippen LogP contribution in [-0.2, 0) is 6.42 Å². The van der Waals surface area contributed by atoms with Gasteiger partial charge in [0, 0.05) is 5.39 Å². The third-order valence-corrected chi connectivity index (χ3v) is 3.91. The molecule has 0 aliphatic carbocycles. The van der Waals surface area contributed by atoms with Gasteiger partial charge in [-0.1, -0.05) is 32.0 Å². The fraction of sp³-hybridized carbons (Fsp3) is 0.400. The van der Waals surface area contributed by atoms with E-state index in [2.05, 4.69) is 19.2 Å². The zero-order valence-electron chi connectivity index (χ0n) is 11.2. The van der Waals surface area contributed by atoms with Crippen LogP contribution in [0.4, 0.5) is 4.79 Å². The molecule has 19 heavy (non-hydrogen) atoms. The molecule has 1 aromatic carbocycles. The van der Waals surface area contributed by atoms with Crippen molar-refractivity contribution in [3.63, 3.8) is 0 Å². The molecule has 0 spiro atoms. The van der Waals surface area contributed by atoms with Crippen molar-refractivity contribution in [2.75, 3.05) is 6.54 Å². The standard InChI is InChI=1S/C15H18N2O2/c1-9(2)13-14-11(7-8-16-13)10-5-3-4-6-12(10)17(14)15(18)19/h3-6,9,13,16H,7-8H2,1-2H3,(H,18,19). The number of nitrogens with one attached hydrogen (secondary N) is 1. The van der Waals surface area contributed by atoms with Crippen LogP contribution in [0.3, 0.4) is 0 Å². The highest BCUT2D eigenvalue weighted by atomic mass is 16.4. The van der Waals surface area contributed by atoms with E-state index < -0.39 is 6.09 Å². The Bertz CT molecular complexity index is 643. The van der Waals surface area contributed by atoms with Gasteiger partial charge in [0.15, 0.2) is 0 Å². The van der Waals surface area contributed by atoms with Crippen molar-refractivity contribution in [1.82, 2.24) is 9.88 Å². The minimum atomic E-state index is -0.896. The number of fused-ring (bicyclic) bond motifs is 3. The number of benzene rings is 1. The van der Waals surface area contributed by atoms with Crippen molar-refractivity contribution in [1.29, 1.82) is 0 Å². The van der Waals surface area contributed by atoms with Crippen molar-refractivity contribution in [3.8, 4) is 0 Å². The summed E-state index contributed by atoms with van der Waals surface area (Å²) in [4.78, 5) is 11.7. The molecule has 0 radical (unpaired) electrons. The van der Waals surface area contributed by atoms with Crippen molar-refractivity contribution in [2.45, 2.75) is 26.3 Å². The minimum absolute atomic E-state index is 0.104. The lowest BCUT2D eigenvalue weighted by Crippen LogP contribution is -2.35. The number of hydrogen-bond acceptors (Lipinski definition) is 2. The molecule has 1 unspecified atom stereocenters. The van der Waals surface area contributed by atoms with Gasteiger partial charge in [-0.15, -0.1) is 0 Å². The summed E-state index contributed by atoms with van der Waals surface area (Å²) in [5, 5.41) is 14.1. The first-order valence-electron chi connectivity index (χ1n) is 6.70. The van der Waals surface area contributed by atoms with Gasteiger partial charge in [0.25, 0.3) is 0 Å². The molecule has 0 fully saturated rings. The van der Waals surface area contributed by atoms with Gasteiger partial charge in [0.1, 0.15) is 0 Å². The maximum Gasteiger partial charge on any atom is 0.416 e. The molecule has 0 saturated carbocycles. The fourth-order valence-corrected chi connectivity index (χ4v) is 3.12. The van der Waals surface area contributed by atoms with E-state index in [0.29, 0.717) is 5.92 Å². The molecular weight excluding hydrogens is 240 g/mol. The second-order valence-corrected chi connectivity index (χ2v) is 5.42. The fourth-order valence-electron chi connectivity index (χ4n) is 3.12. The first kappa shape index (κ1) is 12.2. The summed E-state index contributed by atoms with van der Waals surface area (Å²) in [5.41, 5.74) is 2.92. The number of hydrogen-bond donors (Lipinski definition) is 2. The largest absolute Gasteiger partial charge is 0.464 e. The second-order valence-electron chi connectivity index (χ2n) is 5.42. The van der Waals surface area contributed by atoms with Crippen LogP contribution in [0.5, 0.6) is 0 Å². The summed E-state index contributed by atoms with van der Waals surface area (Å²) >= 11 is 0. The molecule has 0 bridgehead atoms. The number of rotatable bonds is 1. The van der Waals surface area contributed by atoms with Gasteiger partial charge in [-0.3, -0.25) is 0 Å². The second kappa shape index (κ2) is 4.38. The van der Waals surface area contributed by atoms with Crippen LogP contribution in [-0.4, -0.2) is 22.3 Å². The summed E-state index contributed by atoms with van der Waals surface area (Å²) in [6, 6.07) is 7.88. The topological polar surface area (TPSA) is 54.3 Å². The number of nitrogens with zero attached hydrogens (tertiary/aromatic N) is 1. The van der Waals surface area contributed by atoms with Gasteiger partial charge in [-0.2, -0.15) is 0 Å². The Hall–Kier alpha value is -1.81. The molecule has 4 nitrogen and oxygen atoms in total. The highest BCUT2D eigenvalue weighted by Gasteiger charge is 2.31. The van der Waals surface area contributed by atoms with E-state index in [1.165, 1.54) is 10.1 Å². The number of carbonyl (C=O) groups is 1. The smallest absolute Gasteiger partial charge is 0.416 e. The highest BCUT2D eigenvalue weighted by Crippen LogP contribution is 2.36. The summed E-state index contributed by atoms with van der Waals surface area (Å²) in [6.07, 6.45) is -0.00824. The van der Waals surface area contributed by atoms with E-state index >= 15 is 0 Å². The maximum atomic E-state index is 11.7. The molecule has 3 rings (SSSR count). The summed E-state index contributed by atoms with van der Waals surface area (Å²) in [6.45, 7) is 5.15. The van der Waals surface area contributed by atoms with Crippen LogP contribution in [0.1, 0.15) is 31.1 Å². The van der Waals surface area contributed by atoms with E-state index in [9.17, 15) is 9.90 Å². The zero-order valence-corrected chi connectivity index (χ0v) is 11.2. The number of aromatic nitrogens is 1. The van der Waals surface area contributed by atoms with Crippen molar-refractivity contribution in [2.24, 2.45) is 5.92 Å². The van der Waals surface area contributed by atoms with Crippen LogP contribution >= 0.6 is 0 Å². The lowest BCUT2D eigenvalue weighted by Gasteiger charge is -2.28. The molecule has 2 N–H and O–H groups in total. The quantitative estimate of drug-likeness (QED) is 0.826. The number of carboxylic acid groups (broad SMARTS) is 1. The van der Waals surface area contributed by atoms with Gasteiger partial charge in [-0.05, 0) is 30.5 Å². The van der Waals surface area contributed by atoms with Gasteiger partial charge >= 0.3 is 6.09 Å². The zero-order chi connectivity index (χ0) is 13.6. The Morgan fingerprint density at radius 3 is 2.84 bits per heavy atom. The van der Waals surface area contributed by atoms with Gasteiger partial charge in [0.2, 0.25) is 0 Å². The van der Waals surface area contributed by atoms with Gasteiger partial charge < -0.3 is 10.4 Å². The molecule has 100 valence electrons. The molecule has 2 aromatic rings. The van der Waals surface area contributed by atoms with Crippen LogP contribution in [0.25, 0.3) is 10.9 Å². The Kier molecular flexibility index (Phi) is 2.82. The van der Waals surface area contributed by atoms with E-state index in [1.54, 1.807) is 0 Å². The average Bonchev–Trinajstić information content (AvgIpc) is 2.72. The van der Waals surface area contributed by atoms with Gasteiger partial charge in [-0.25, -0.2) is 9.36 Å². The van der Waals surface area contributed by atoms with E-state index in [4.69, 9.17) is 0 Å². The molecular formula is C15H18N2O2. The van der Waals surface area contributed by atoms with Gasteiger partial charge in [0.05, 0.1) is 17.3 Å². The highest BCUT2D eigenvalue weighted by molar-refractivity contribution is 5.93. The van der Waals surface area contributed by atoms with Crippen molar-refractivity contribution in [3.05, 3.63) is 35.5 Å². The third kappa shape index (κ3) is 1.75. The van der Waals surface area contributed by atoms with Crippen LogP contribution in [0.2, 0.25) is 0 Å². The minimum Gasteiger partial charge on any atom is -0.464 e.